The van der Waals surface area contributed by atoms with Crippen molar-refractivity contribution in [1.82, 2.24) is 15.1 Å². The molecule has 0 atom stereocenters. The van der Waals surface area contributed by atoms with Crippen LogP contribution in [0.25, 0.3) is 0 Å². The van der Waals surface area contributed by atoms with Gasteiger partial charge in [0, 0.05) is 38.6 Å². The standard InChI is InChI=1S/C27H43N3O2/c1-20-18-23(27(3,4)5)19-21(2)24(20)10-13-28-26(32)30-16-11-22(12-17-30)25(31)29-14-8-6-7-9-15-29/h18-19,22H,6-17H2,1-5H3,(H,28,32). The van der Waals surface area contributed by atoms with E-state index in [1.165, 1.54) is 35.1 Å². The van der Waals surface area contributed by atoms with E-state index in [1.807, 2.05) is 4.90 Å². The number of piperidine rings is 1. The molecule has 3 rings (SSSR count). The number of carbonyl (C=O) groups is 2. The largest absolute Gasteiger partial charge is 0.342 e. The Bertz CT molecular complexity index is 773. The first-order valence-electron chi connectivity index (χ1n) is 12.6. The lowest BCUT2D eigenvalue weighted by atomic mass is 9.83. The molecule has 2 saturated heterocycles. The molecule has 0 saturated carbocycles. The molecule has 5 heteroatoms. The predicted molar refractivity (Wildman–Crippen MR) is 131 cm³/mol. The van der Waals surface area contributed by atoms with Gasteiger partial charge in [0.2, 0.25) is 5.91 Å². The lowest BCUT2D eigenvalue weighted by Crippen LogP contribution is -2.48. The van der Waals surface area contributed by atoms with Gasteiger partial charge in [0.1, 0.15) is 0 Å². The highest BCUT2D eigenvalue weighted by atomic mass is 16.2. The Labute approximate surface area is 194 Å². The summed E-state index contributed by atoms with van der Waals surface area (Å²) in [4.78, 5) is 29.5. The minimum atomic E-state index is 0.00675. The quantitative estimate of drug-likeness (QED) is 0.717. The molecule has 1 aromatic rings. The lowest BCUT2D eigenvalue weighted by Gasteiger charge is -2.34. The number of likely N-dealkylation sites (tertiary alicyclic amines) is 2. The Kier molecular flexibility index (Phi) is 8.24. The first-order valence-corrected chi connectivity index (χ1v) is 12.6. The van der Waals surface area contributed by atoms with Crippen LogP contribution in [0.5, 0.6) is 0 Å². The molecular formula is C27H43N3O2. The summed E-state index contributed by atoms with van der Waals surface area (Å²) in [6.07, 6.45) is 7.16. The zero-order valence-electron chi connectivity index (χ0n) is 20.9. The minimum Gasteiger partial charge on any atom is -0.342 e. The highest BCUT2D eigenvalue weighted by Crippen LogP contribution is 2.27. The van der Waals surface area contributed by atoms with Gasteiger partial charge < -0.3 is 15.1 Å². The van der Waals surface area contributed by atoms with Crippen molar-refractivity contribution < 1.29 is 9.59 Å². The summed E-state index contributed by atoms with van der Waals surface area (Å²) in [5, 5.41) is 3.11. The van der Waals surface area contributed by atoms with Crippen LogP contribution < -0.4 is 5.32 Å². The van der Waals surface area contributed by atoms with Crippen molar-refractivity contribution in [1.29, 1.82) is 0 Å². The highest BCUT2D eigenvalue weighted by Gasteiger charge is 2.30. The molecule has 0 unspecified atom stereocenters. The van der Waals surface area contributed by atoms with E-state index >= 15 is 0 Å². The molecule has 0 radical (unpaired) electrons. The van der Waals surface area contributed by atoms with Crippen molar-refractivity contribution in [3.05, 3.63) is 34.4 Å². The molecular weight excluding hydrogens is 398 g/mol. The molecule has 1 N–H and O–H groups in total. The van der Waals surface area contributed by atoms with E-state index in [-0.39, 0.29) is 17.4 Å². The third kappa shape index (κ3) is 6.26. The Morgan fingerprint density at radius 1 is 0.906 bits per heavy atom. The van der Waals surface area contributed by atoms with Crippen LogP contribution in [-0.2, 0) is 16.6 Å². The van der Waals surface area contributed by atoms with Crippen molar-refractivity contribution >= 4 is 11.9 Å². The maximum atomic E-state index is 12.9. The highest BCUT2D eigenvalue weighted by molar-refractivity contribution is 5.80. The van der Waals surface area contributed by atoms with Crippen LogP contribution in [-0.4, -0.2) is 54.5 Å². The molecule has 178 valence electrons. The first-order chi connectivity index (χ1) is 15.2. The molecule has 2 aliphatic rings. The fourth-order valence-electron chi connectivity index (χ4n) is 5.11. The van der Waals surface area contributed by atoms with Crippen molar-refractivity contribution in [2.24, 2.45) is 5.92 Å². The molecule has 0 bridgehead atoms. The van der Waals surface area contributed by atoms with Gasteiger partial charge in [-0.3, -0.25) is 4.79 Å². The van der Waals surface area contributed by atoms with Gasteiger partial charge in [-0.25, -0.2) is 4.79 Å². The van der Waals surface area contributed by atoms with Gasteiger partial charge in [-0.1, -0.05) is 45.7 Å². The van der Waals surface area contributed by atoms with Crippen LogP contribution in [0.3, 0.4) is 0 Å². The predicted octanol–water partition coefficient (Wildman–Crippen LogP) is 4.97. The summed E-state index contributed by atoms with van der Waals surface area (Å²) in [6, 6.07) is 4.58. The van der Waals surface area contributed by atoms with E-state index in [0.717, 1.165) is 45.2 Å². The average Bonchev–Trinajstić information content (AvgIpc) is 3.04. The summed E-state index contributed by atoms with van der Waals surface area (Å²) < 4.78 is 0. The molecule has 0 spiro atoms. The Balaban J connectivity index is 1.45. The van der Waals surface area contributed by atoms with Crippen LogP contribution in [0.1, 0.15) is 81.5 Å². The Morgan fingerprint density at radius 3 is 2.00 bits per heavy atom. The number of nitrogens with one attached hydrogen (secondary N) is 1. The van der Waals surface area contributed by atoms with E-state index in [4.69, 9.17) is 0 Å². The van der Waals surface area contributed by atoms with Gasteiger partial charge in [0.25, 0.3) is 0 Å². The Morgan fingerprint density at radius 2 is 1.47 bits per heavy atom. The average molecular weight is 442 g/mol. The summed E-state index contributed by atoms with van der Waals surface area (Å²) in [5.41, 5.74) is 5.44. The summed E-state index contributed by atoms with van der Waals surface area (Å²) in [6.45, 7) is 14.9. The van der Waals surface area contributed by atoms with Crippen molar-refractivity contribution in [3.63, 3.8) is 0 Å². The van der Waals surface area contributed by atoms with E-state index in [1.54, 1.807) is 0 Å². The molecule has 0 aliphatic carbocycles. The number of carbonyl (C=O) groups excluding carboxylic acids is 2. The van der Waals surface area contributed by atoms with Gasteiger partial charge >= 0.3 is 6.03 Å². The van der Waals surface area contributed by atoms with E-state index < -0.39 is 0 Å². The zero-order chi connectivity index (χ0) is 23.3. The number of hydrogen-bond donors (Lipinski definition) is 1. The van der Waals surface area contributed by atoms with Crippen LogP contribution in [0.2, 0.25) is 0 Å². The van der Waals surface area contributed by atoms with Crippen LogP contribution in [0.15, 0.2) is 12.1 Å². The summed E-state index contributed by atoms with van der Waals surface area (Å²) in [5.74, 6) is 0.403. The van der Waals surface area contributed by atoms with Crippen LogP contribution >= 0.6 is 0 Å². The number of urea groups is 1. The fraction of sp³-hybridized carbons (Fsp3) is 0.704. The van der Waals surface area contributed by atoms with Gasteiger partial charge in [-0.15, -0.1) is 0 Å². The number of rotatable bonds is 4. The SMILES string of the molecule is Cc1cc(C(C)(C)C)cc(C)c1CCNC(=O)N1CCC(C(=O)N2CCCCCC2)CC1. The van der Waals surface area contributed by atoms with Gasteiger partial charge in [0.05, 0.1) is 0 Å². The Hall–Kier alpha value is -2.04. The van der Waals surface area contributed by atoms with E-state index in [2.05, 4.69) is 57.0 Å². The molecule has 2 heterocycles. The maximum Gasteiger partial charge on any atom is 0.317 e. The maximum absolute atomic E-state index is 12.9. The fourth-order valence-corrected chi connectivity index (χ4v) is 5.11. The van der Waals surface area contributed by atoms with Crippen LogP contribution in [0.4, 0.5) is 4.79 Å². The molecule has 32 heavy (non-hydrogen) atoms. The zero-order valence-corrected chi connectivity index (χ0v) is 20.9. The molecule has 2 aliphatic heterocycles. The van der Waals surface area contributed by atoms with Crippen molar-refractivity contribution in [2.75, 3.05) is 32.7 Å². The summed E-state index contributed by atoms with van der Waals surface area (Å²) in [7, 11) is 0. The smallest absolute Gasteiger partial charge is 0.317 e. The molecule has 2 fully saturated rings. The van der Waals surface area contributed by atoms with E-state index in [0.29, 0.717) is 25.5 Å². The van der Waals surface area contributed by atoms with Gasteiger partial charge in [-0.2, -0.15) is 0 Å². The molecule has 1 aromatic carbocycles. The van der Waals surface area contributed by atoms with Gasteiger partial charge in [-0.05, 0) is 73.6 Å². The van der Waals surface area contributed by atoms with E-state index in [9.17, 15) is 9.59 Å². The first kappa shape index (κ1) is 24.6. The molecule has 0 aromatic heterocycles. The second-order valence-electron chi connectivity index (χ2n) is 10.8. The third-order valence-electron chi connectivity index (χ3n) is 7.26. The number of nitrogens with zero attached hydrogens (tertiary/aromatic N) is 2. The topological polar surface area (TPSA) is 52.7 Å². The summed E-state index contributed by atoms with van der Waals surface area (Å²) >= 11 is 0. The monoisotopic (exact) mass is 441 g/mol. The van der Waals surface area contributed by atoms with Crippen molar-refractivity contribution in [3.8, 4) is 0 Å². The number of benzene rings is 1. The third-order valence-corrected chi connectivity index (χ3v) is 7.26. The normalized spacial score (nSPS) is 18.4. The van der Waals surface area contributed by atoms with Gasteiger partial charge in [0.15, 0.2) is 0 Å². The number of hydrogen-bond acceptors (Lipinski definition) is 2. The second kappa shape index (κ2) is 10.7. The lowest BCUT2D eigenvalue weighted by molar-refractivity contribution is -0.136. The number of aryl methyl sites for hydroxylation is 2. The second-order valence-corrected chi connectivity index (χ2v) is 10.8. The molecule has 5 nitrogen and oxygen atoms in total. The van der Waals surface area contributed by atoms with Crippen molar-refractivity contribution in [2.45, 2.75) is 85.0 Å². The van der Waals surface area contributed by atoms with Crippen LogP contribution in [0, 0.1) is 19.8 Å². The number of amides is 3. The minimum absolute atomic E-state index is 0.00675. The molecule has 3 amide bonds.